The van der Waals surface area contributed by atoms with E-state index in [0.29, 0.717) is 12.1 Å². The molecule has 0 radical (unpaired) electrons. The average Bonchev–Trinajstić information content (AvgIpc) is 3.21. The molecule has 1 aromatic heterocycles. The quantitative estimate of drug-likeness (QED) is 0.882. The Bertz CT molecular complexity index is 592. The van der Waals surface area contributed by atoms with Crippen LogP contribution in [0.5, 0.6) is 0 Å². The van der Waals surface area contributed by atoms with Gasteiger partial charge in [0.2, 0.25) is 0 Å². The van der Waals surface area contributed by atoms with Crippen LogP contribution in [0.4, 0.5) is 6.01 Å². The normalized spacial score (nSPS) is 16.0. The van der Waals surface area contributed by atoms with Crippen LogP contribution in [0.15, 0.2) is 34.9 Å². The number of rotatable bonds is 6. The van der Waals surface area contributed by atoms with Crippen molar-refractivity contribution >= 4 is 17.6 Å². The van der Waals surface area contributed by atoms with Gasteiger partial charge >= 0.3 is 0 Å². The highest BCUT2D eigenvalue weighted by Crippen LogP contribution is 2.26. The summed E-state index contributed by atoms with van der Waals surface area (Å²) in [6.07, 6.45) is 4.28. The molecule has 3 rings (SSSR count). The fourth-order valence-corrected chi connectivity index (χ4v) is 2.33. The Morgan fingerprint density at radius 1 is 1.38 bits per heavy atom. The molecule has 2 aromatic rings. The van der Waals surface area contributed by atoms with Gasteiger partial charge in [-0.05, 0) is 37.5 Å². The molecule has 1 unspecified atom stereocenters. The fraction of sp³-hybridized carbons (Fsp3) is 0.438. The minimum Gasteiger partial charge on any atom is -0.432 e. The van der Waals surface area contributed by atoms with E-state index in [4.69, 9.17) is 16.0 Å². The van der Waals surface area contributed by atoms with E-state index >= 15 is 0 Å². The number of anilines is 1. The summed E-state index contributed by atoms with van der Waals surface area (Å²) >= 11 is 5.93. The molecule has 1 aliphatic rings. The summed E-state index contributed by atoms with van der Waals surface area (Å²) in [6, 6.07) is 9.36. The van der Waals surface area contributed by atoms with Gasteiger partial charge in [0.05, 0.1) is 11.7 Å². The van der Waals surface area contributed by atoms with Gasteiger partial charge in [0.25, 0.3) is 6.01 Å². The minimum atomic E-state index is 0.171. The van der Waals surface area contributed by atoms with Gasteiger partial charge in [-0.15, -0.1) is 0 Å². The lowest BCUT2D eigenvalue weighted by atomic mass is 10.1. The Balaban J connectivity index is 1.65. The zero-order chi connectivity index (χ0) is 14.8. The number of halogens is 1. The van der Waals surface area contributed by atoms with Crippen LogP contribution in [0.3, 0.4) is 0 Å². The van der Waals surface area contributed by atoms with E-state index in [1.165, 1.54) is 18.4 Å². The summed E-state index contributed by atoms with van der Waals surface area (Å²) in [5.74, 6) is 0. The van der Waals surface area contributed by atoms with Crippen LogP contribution in [-0.4, -0.2) is 18.1 Å². The lowest BCUT2D eigenvalue weighted by molar-refractivity contribution is 0.525. The zero-order valence-electron chi connectivity index (χ0n) is 12.3. The Labute approximate surface area is 130 Å². The molecule has 112 valence electrons. The third-order valence-electron chi connectivity index (χ3n) is 3.92. The topological polar surface area (TPSA) is 41.3 Å². The van der Waals surface area contributed by atoms with Crippen LogP contribution < -0.4 is 10.2 Å². The second kappa shape index (κ2) is 6.08. The molecule has 0 aliphatic heterocycles. The van der Waals surface area contributed by atoms with E-state index in [1.54, 1.807) is 6.26 Å². The third kappa shape index (κ3) is 3.57. The van der Waals surface area contributed by atoms with Crippen LogP contribution in [0.25, 0.3) is 0 Å². The van der Waals surface area contributed by atoms with Gasteiger partial charge in [-0.25, -0.2) is 0 Å². The van der Waals surface area contributed by atoms with Gasteiger partial charge in [-0.2, -0.15) is 4.98 Å². The van der Waals surface area contributed by atoms with Crippen molar-refractivity contribution in [1.29, 1.82) is 0 Å². The monoisotopic (exact) mass is 305 g/mol. The number of nitrogens with one attached hydrogen (secondary N) is 1. The number of nitrogens with zero attached hydrogens (tertiary/aromatic N) is 2. The highest BCUT2D eigenvalue weighted by Gasteiger charge is 2.21. The molecule has 1 heterocycles. The maximum atomic E-state index is 5.93. The molecule has 1 aliphatic carbocycles. The zero-order valence-corrected chi connectivity index (χ0v) is 13.1. The maximum Gasteiger partial charge on any atom is 0.297 e. The number of oxazole rings is 1. The smallest absolute Gasteiger partial charge is 0.297 e. The maximum absolute atomic E-state index is 5.93. The molecule has 0 saturated heterocycles. The van der Waals surface area contributed by atoms with Crippen molar-refractivity contribution in [3.8, 4) is 0 Å². The Hall–Kier alpha value is -1.52. The second-order valence-corrected chi connectivity index (χ2v) is 6.05. The Morgan fingerprint density at radius 3 is 2.76 bits per heavy atom. The SMILES string of the molecule is CC(c1ccc(Cl)cc1)N(C)c1nc(CNC2CC2)co1. The lowest BCUT2D eigenvalue weighted by Gasteiger charge is -2.23. The summed E-state index contributed by atoms with van der Waals surface area (Å²) in [5, 5.41) is 4.18. The van der Waals surface area contributed by atoms with Gasteiger partial charge in [-0.1, -0.05) is 23.7 Å². The van der Waals surface area contributed by atoms with E-state index in [2.05, 4.69) is 17.2 Å². The Morgan fingerprint density at radius 2 is 2.10 bits per heavy atom. The molecule has 1 fully saturated rings. The molecule has 5 heteroatoms. The summed E-state index contributed by atoms with van der Waals surface area (Å²) in [6.45, 7) is 2.90. The molecule has 1 aromatic carbocycles. The van der Waals surface area contributed by atoms with Crippen molar-refractivity contribution in [1.82, 2.24) is 10.3 Å². The van der Waals surface area contributed by atoms with E-state index < -0.39 is 0 Å². The van der Waals surface area contributed by atoms with Gasteiger partial charge < -0.3 is 14.6 Å². The first kappa shape index (κ1) is 14.4. The number of hydrogen-bond donors (Lipinski definition) is 1. The molecule has 21 heavy (non-hydrogen) atoms. The number of aromatic nitrogens is 1. The Kier molecular flexibility index (Phi) is 4.17. The molecule has 0 bridgehead atoms. The lowest BCUT2D eigenvalue weighted by Crippen LogP contribution is -2.22. The van der Waals surface area contributed by atoms with Gasteiger partial charge in [-0.3, -0.25) is 0 Å². The van der Waals surface area contributed by atoms with Crippen molar-refractivity contribution in [2.45, 2.75) is 38.4 Å². The second-order valence-electron chi connectivity index (χ2n) is 5.62. The molecular formula is C16H20ClN3O. The minimum absolute atomic E-state index is 0.171. The van der Waals surface area contributed by atoms with E-state index in [1.807, 2.05) is 36.2 Å². The van der Waals surface area contributed by atoms with Crippen LogP contribution in [0.1, 0.15) is 37.1 Å². The summed E-state index contributed by atoms with van der Waals surface area (Å²) < 4.78 is 5.59. The van der Waals surface area contributed by atoms with E-state index in [-0.39, 0.29) is 6.04 Å². The van der Waals surface area contributed by atoms with Gasteiger partial charge in [0.15, 0.2) is 0 Å². The van der Waals surface area contributed by atoms with Crippen molar-refractivity contribution in [3.05, 3.63) is 46.8 Å². The van der Waals surface area contributed by atoms with Gasteiger partial charge in [0, 0.05) is 24.7 Å². The predicted octanol–water partition coefficient (Wildman–Crippen LogP) is 3.78. The van der Waals surface area contributed by atoms with Crippen LogP contribution in [0.2, 0.25) is 5.02 Å². The molecule has 4 nitrogen and oxygen atoms in total. The van der Waals surface area contributed by atoms with Crippen molar-refractivity contribution in [2.75, 3.05) is 11.9 Å². The fourth-order valence-electron chi connectivity index (χ4n) is 2.21. The van der Waals surface area contributed by atoms with Gasteiger partial charge in [0.1, 0.15) is 6.26 Å². The first-order valence-corrected chi connectivity index (χ1v) is 7.67. The number of hydrogen-bond acceptors (Lipinski definition) is 4. The predicted molar refractivity (Wildman–Crippen MR) is 84.6 cm³/mol. The van der Waals surface area contributed by atoms with Crippen molar-refractivity contribution in [3.63, 3.8) is 0 Å². The summed E-state index contributed by atoms with van der Waals surface area (Å²) in [7, 11) is 1.99. The van der Waals surface area contributed by atoms with Crippen LogP contribution >= 0.6 is 11.6 Å². The standard InChI is InChI=1S/C16H20ClN3O/c1-11(12-3-5-13(17)6-4-12)20(2)16-19-15(10-21-16)9-18-14-7-8-14/h3-6,10-11,14,18H,7-9H2,1-2H3. The highest BCUT2D eigenvalue weighted by molar-refractivity contribution is 6.30. The molecule has 0 spiro atoms. The van der Waals surface area contributed by atoms with E-state index in [9.17, 15) is 0 Å². The molecule has 0 amide bonds. The molecule has 1 saturated carbocycles. The third-order valence-corrected chi connectivity index (χ3v) is 4.18. The summed E-state index contributed by atoms with van der Waals surface area (Å²) in [5.41, 5.74) is 2.13. The van der Waals surface area contributed by atoms with Crippen molar-refractivity contribution < 1.29 is 4.42 Å². The molecule has 1 N–H and O–H groups in total. The van der Waals surface area contributed by atoms with Crippen LogP contribution in [0, 0.1) is 0 Å². The first-order chi connectivity index (χ1) is 10.1. The average molecular weight is 306 g/mol. The highest BCUT2D eigenvalue weighted by atomic mass is 35.5. The van der Waals surface area contributed by atoms with E-state index in [0.717, 1.165) is 17.3 Å². The number of benzene rings is 1. The molecular weight excluding hydrogens is 286 g/mol. The first-order valence-electron chi connectivity index (χ1n) is 7.29. The largest absolute Gasteiger partial charge is 0.432 e. The van der Waals surface area contributed by atoms with Crippen LogP contribution in [-0.2, 0) is 6.54 Å². The molecule has 1 atom stereocenters. The summed E-state index contributed by atoms with van der Waals surface area (Å²) in [4.78, 5) is 6.58. The van der Waals surface area contributed by atoms with Crippen molar-refractivity contribution in [2.24, 2.45) is 0 Å².